The van der Waals surface area contributed by atoms with Crippen molar-refractivity contribution in [2.24, 2.45) is 0 Å². The van der Waals surface area contributed by atoms with E-state index in [0.717, 1.165) is 122 Å². The molecule has 0 aliphatic carbocycles. The first-order valence-corrected chi connectivity index (χ1v) is 34.4. The lowest BCUT2D eigenvalue weighted by molar-refractivity contribution is -0.870. The highest BCUT2D eigenvalue weighted by Gasteiger charge is 2.27. The van der Waals surface area contributed by atoms with Crippen LogP contribution in [0.5, 0.6) is 0 Å². The fourth-order valence-corrected chi connectivity index (χ4v) is 9.37. The topological polar surface area (TPSA) is 108 Å². The summed E-state index contributed by atoms with van der Waals surface area (Å²) in [6, 6.07) is 0. The summed E-state index contributed by atoms with van der Waals surface area (Å²) in [4.78, 5) is 35.8. The molecule has 9 nitrogen and oxygen atoms in total. The second-order valence-corrected chi connectivity index (χ2v) is 24.2. The zero-order valence-electron chi connectivity index (χ0n) is 53.2. The number of esters is 2. The summed E-state index contributed by atoms with van der Waals surface area (Å²) in [5, 5.41) is 0. The monoisotopic (exact) mass is 1160 g/mol. The third-order valence-electron chi connectivity index (χ3n) is 13.7. The third kappa shape index (κ3) is 65.3. The zero-order chi connectivity index (χ0) is 59.8. The minimum absolute atomic E-state index is 0.0212. The van der Waals surface area contributed by atoms with Crippen molar-refractivity contribution in [1.82, 2.24) is 0 Å². The van der Waals surface area contributed by atoms with E-state index in [-0.39, 0.29) is 32.0 Å². The second-order valence-electron chi connectivity index (χ2n) is 22.8. The first kappa shape index (κ1) is 78.1. The number of nitrogens with zero attached hydrogens (tertiary/aromatic N) is 1. The van der Waals surface area contributed by atoms with Gasteiger partial charge in [-0.2, -0.15) is 0 Å². The van der Waals surface area contributed by atoms with Crippen LogP contribution in [0.3, 0.4) is 0 Å². The molecular weight excluding hydrogens is 1040 g/mol. The second kappa shape index (κ2) is 61.7. The molecule has 2 atom stereocenters. The Bertz CT molecular complexity index is 1850. The van der Waals surface area contributed by atoms with Gasteiger partial charge in [-0.05, 0) is 116 Å². The van der Waals surface area contributed by atoms with Crippen LogP contribution in [-0.4, -0.2) is 74.9 Å². The standard InChI is InChI=1S/C72H122NO8P/c1-6-8-10-12-14-16-18-20-22-24-26-28-30-32-34-35-36-37-39-41-43-45-47-49-51-53-55-57-59-61-63-65-72(75)81-70(69-80-82(76,77)79-67-66-73(3,4)5)68-78-71(74)64-62-60-58-56-54-52-50-48-46-44-42-40-38-33-31-29-27-25-23-21-19-17-15-13-11-9-7-2/h8,10,14,16,19-22,25-28,31-34,36-37,41,43,47,49,70H,6-7,9,11-13,15,17-18,23-24,29-30,35,38-40,42,44-46,48,50-69H2,1-5H3/p+1/b10-8-,16-14-,21-19-,22-20-,27-25-,28-26-,33-31-,34-32-,37-36-,43-41-,49-47-. The number of quaternary nitrogens is 1. The molecule has 2 unspecified atom stereocenters. The summed E-state index contributed by atoms with van der Waals surface area (Å²) < 4.78 is 34.7. The Morgan fingerprint density at radius 3 is 1.04 bits per heavy atom. The first-order chi connectivity index (χ1) is 40.0. The summed E-state index contributed by atoms with van der Waals surface area (Å²) >= 11 is 0. The van der Waals surface area contributed by atoms with Crippen LogP contribution in [0.15, 0.2) is 134 Å². The lowest BCUT2D eigenvalue weighted by atomic mass is 10.0. The van der Waals surface area contributed by atoms with Gasteiger partial charge in [-0.15, -0.1) is 0 Å². The number of phosphoric ester groups is 1. The van der Waals surface area contributed by atoms with E-state index in [0.29, 0.717) is 17.4 Å². The fourth-order valence-electron chi connectivity index (χ4n) is 8.63. The molecule has 0 saturated carbocycles. The Kier molecular flexibility index (Phi) is 58.8. The van der Waals surface area contributed by atoms with Gasteiger partial charge in [0.05, 0.1) is 27.7 Å². The number of rotatable bonds is 59. The number of carbonyl (C=O) groups excluding carboxylic acids is 2. The van der Waals surface area contributed by atoms with Gasteiger partial charge in [-0.25, -0.2) is 4.57 Å². The summed E-state index contributed by atoms with van der Waals surface area (Å²) in [5.41, 5.74) is 0. The number of hydrogen-bond donors (Lipinski definition) is 1. The molecule has 468 valence electrons. The van der Waals surface area contributed by atoms with E-state index in [1.807, 2.05) is 21.1 Å². The molecule has 0 heterocycles. The Labute approximate surface area is 504 Å². The molecule has 0 bridgehead atoms. The van der Waals surface area contributed by atoms with Crippen molar-refractivity contribution in [1.29, 1.82) is 0 Å². The van der Waals surface area contributed by atoms with Crippen LogP contribution in [0, 0.1) is 0 Å². The van der Waals surface area contributed by atoms with Crippen molar-refractivity contribution in [3.05, 3.63) is 134 Å². The number of phosphoric acid groups is 1. The van der Waals surface area contributed by atoms with E-state index in [1.54, 1.807) is 0 Å². The summed E-state index contributed by atoms with van der Waals surface area (Å²) in [6.45, 7) is 4.29. The maximum Gasteiger partial charge on any atom is 0.472 e. The Hall–Kier alpha value is -3.85. The molecular formula is C72H123NO8P+. The van der Waals surface area contributed by atoms with E-state index in [9.17, 15) is 19.0 Å². The lowest BCUT2D eigenvalue weighted by Crippen LogP contribution is -2.37. The van der Waals surface area contributed by atoms with Crippen LogP contribution < -0.4 is 0 Å². The largest absolute Gasteiger partial charge is 0.472 e. The number of unbranched alkanes of at least 4 members (excludes halogenated alkanes) is 23. The maximum atomic E-state index is 12.9. The molecule has 0 rings (SSSR count). The normalized spacial score (nSPS) is 14.1. The molecule has 0 fully saturated rings. The number of allylic oxidation sites excluding steroid dienone is 22. The van der Waals surface area contributed by atoms with Crippen molar-refractivity contribution in [2.75, 3.05) is 47.5 Å². The van der Waals surface area contributed by atoms with Crippen LogP contribution in [0.25, 0.3) is 0 Å². The fraction of sp³-hybridized carbons (Fsp3) is 0.667. The molecule has 0 aliphatic rings. The van der Waals surface area contributed by atoms with Gasteiger partial charge in [0.2, 0.25) is 0 Å². The highest BCUT2D eigenvalue weighted by molar-refractivity contribution is 7.47. The van der Waals surface area contributed by atoms with E-state index in [2.05, 4.69) is 148 Å². The van der Waals surface area contributed by atoms with Gasteiger partial charge in [0.1, 0.15) is 19.8 Å². The van der Waals surface area contributed by atoms with E-state index < -0.39 is 26.5 Å². The molecule has 0 aromatic heterocycles. The zero-order valence-corrected chi connectivity index (χ0v) is 54.1. The molecule has 10 heteroatoms. The highest BCUT2D eigenvalue weighted by atomic mass is 31.2. The predicted octanol–water partition coefficient (Wildman–Crippen LogP) is 21.3. The van der Waals surface area contributed by atoms with Crippen molar-refractivity contribution >= 4 is 19.8 Å². The van der Waals surface area contributed by atoms with E-state index >= 15 is 0 Å². The van der Waals surface area contributed by atoms with Crippen LogP contribution in [0.2, 0.25) is 0 Å². The van der Waals surface area contributed by atoms with Gasteiger partial charge in [0.15, 0.2) is 6.10 Å². The molecule has 0 spiro atoms. The molecule has 0 aliphatic heterocycles. The smallest absolute Gasteiger partial charge is 0.462 e. The SMILES string of the molecule is CC/C=C\C/C=C\C/C=C\C/C=C\C/C=C\C/C=C\C/C=C\C/C=C\CCCCCCCCC(=O)OC(COC(=O)CCCCCCCCCCCCCC/C=C\C/C=C\C/C=C\CCCCCCC)COP(=O)(O)OCC[N+](C)(C)C. The van der Waals surface area contributed by atoms with Crippen molar-refractivity contribution in [2.45, 2.75) is 264 Å². The van der Waals surface area contributed by atoms with Crippen molar-refractivity contribution < 1.29 is 42.1 Å². The van der Waals surface area contributed by atoms with Gasteiger partial charge in [-0.3, -0.25) is 18.6 Å². The third-order valence-corrected chi connectivity index (χ3v) is 14.6. The molecule has 0 saturated heterocycles. The van der Waals surface area contributed by atoms with Gasteiger partial charge in [0, 0.05) is 12.8 Å². The number of carbonyl (C=O) groups is 2. The van der Waals surface area contributed by atoms with E-state index in [4.69, 9.17) is 18.5 Å². The maximum absolute atomic E-state index is 12.9. The van der Waals surface area contributed by atoms with Crippen LogP contribution >= 0.6 is 7.82 Å². The quantitative estimate of drug-likeness (QED) is 0.0211. The molecule has 0 amide bonds. The number of ether oxygens (including phenoxy) is 2. The summed E-state index contributed by atoms with van der Waals surface area (Å²) in [6.07, 6.45) is 89.6. The highest BCUT2D eigenvalue weighted by Crippen LogP contribution is 2.43. The van der Waals surface area contributed by atoms with Gasteiger partial charge >= 0.3 is 19.8 Å². The average Bonchev–Trinajstić information content (AvgIpc) is 3.46. The van der Waals surface area contributed by atoms with E-state index in [1.165, 1.54) is 103 Å². The number of hydrogen-bond acceptors (Lipinski definition) is 7. The Morgan fingerprint density at radius 1 is 0.390 bits per heavy atom. The predicted molar refractivity (Wildman–Crippen MR) is 353 cm³/mol. The Morgan fingerprint density at radius 2 is 0.695 bits per heavy atom. The van der Waals surface area contributed by atoms with Crippen LogP contribution in [-0.2, 0) is 32.7 Å². The molecule has 82 heavy (non-hydrogen) atoms. The molecule has 0 radical (unpaired) electrons. The van der Waals surface area contributed by atoms with Crippen LogP contribution in [0.4, 0.5) is 0 Å². The van der Waals surface area contributed by atoms with Gasteiger partial charge < -0.3 is 18.9 Å². The van der Waals surface area contributed by atoms with Gasteiger partial charge in [-0.1, -0.05) is 263 Å². The minimum Gasteiger partial charge on any atom is -0.462 e. The minimum atomic E-state index is -4.40. The van der Waals surface area contributed by atoms with Crippen molar-refractivity contribution in [3.8, 4) is 0 Å². The summed E-state index contributed by atoms with van der Waals surface area (Å²) in [5.74, 6) is -0.821. The number of likely N-dealkylation sites (N-methyl/N-ethyl adjacent to an activating group) is 1. The average molecular weight is 1160 g/mol. The first-order valence-electron chi connectivity index (χ1n) is 32.9. The van der Waals surface area contributed by atoms with Crippen molar-refractivity contribution in [3.63, 3.8) is 0 Å². The molecule has 0 aromatic rings. The lowest BCUT2D eigenvalue weighted by Gasteiger charge is -2.24. The van der Waals surface area contributed by atoms with Crippen LogP contribution in [0.1, 0.15) is 258 Å². The Balaban J connectivity index is 4.19. The molecule has 0 aromatic carbocycles. The summed E-state index contributed by atoms with van der Waals surface area (Å²) in [7, 11) is 1.45. The molecule has 1 N–H and O–H groups in total. The van der Waals surface area contributed by atoms with Gasteiger partial charge in [0.25, 0.3) is 0 Å².